The van der Waals surface area contributed by atoms with E-state index in [4.69, 9.17) is 5.73 Å². The monoisotopic (exact) mass is 272 g/mol. The number of hydrogen-bond donors (Lipinski definition) is 3. The first-order valence-electron chi connectivity index (χ1n) is 6.94. The lowest BCUT2D eigenvalue weighted by molar-refractivity contribution is 0.203. The van der Waals surface area contributed by atoms with Crippen LogP contribution in [-0.2, 0) is 0 Å². The number of carbonyl (C=O) groups excluding carboxylic acids is 1. The van der Waals surface area contributed by atoms with Crippen molar-refractivity contribution in [2.75, 3.05) is 12.8 Å². The molecule has 1 saturated carbocycles. The molecule has 0 saturated heterocycles. The molecular formula is C15H20N4O. The number of nitrogens with one attached hydrogen (secondary N) is 2. The SMILES string of the molecule is CNC(=O)N1C=C(C2CC2)NC1c1ccc(C)cc1N. The van der Waals surface area contributed by atoms with Crippen LogP contribution < -0.4 is 16.4 Å². The Kier molecular flexibility index (Phi) is 3.04. The molecule has 1 aliphatic carbocycles. The van der Waals surface area contributed by atoms with E-state index in [1.54, 1.807) is 11.9 Å². The van der Waals surface area contributed by atoms with Crippen LogP contribution in [0.1, 0.15) is 30.1 Å². The fourth-order valence-corrected chi connectivity index (χ4v) is 2.58. The van der Waals surface area contributed by atoms with Crippen molar-refractivity contribution in [3.05, 3.63) is 41.2 Å². The number of urea groups is 1. The summed E-state index contributed by atoms with van der Waals surface area (Å²) in [6.07, 6.45) is 4.08. The molecule has 2 aliphatic rings. The Labute approximate surface area is 118 Å². The molecular weight excluding hydrogens is 252 g/mol. The second-order valence-electron chi connectivity index (χ2n) is 5.50. The van der Waals surface area contributed by atoms with Gasteiger partial charge in [0, 0.05) is 36.1 Å². The predicted molar refractivity (Wildman–Crippen MR) is 78.6 cm³/mol. The molecule has 1 unspecified atom stereocenters. The third-order valence-electron chi connectivity index (χ3n) is 3.86. The molecule has 1 fully saturated rings. The van der Waals surface area contributed by atoms with Crippen LogP contribution in [0.25, 0.3) is 0 Å². The lowest BCUT2D eigenvalue weighted by atomic mass is 10.1. The summed E-state index contributed by atoms with van der Waals surface area (Å²) < 4.78 is 0. The molecule has 106 valence electrons. The Morgan fingerprint density at radius 2 is 2.20 bits per heavy atom. The number of benzene rings is 1. The van der Waals surface area contributed by atoms with Crippen molar-refractivity contribution >= 4 is 11.7 Å². The Hall–Kier alpha value is -2.17. The van der Waals surface area contributed by atoms with Gasteiger partial charge in [-0.25, -0.2) is 4.79 Å². The Morgan fingerprint density at radius 1 is 1.45 bits per heavy atom. The van der Waals surface area contributed by atoms with E-state index in [1.807, 2.05) is 31.3 Å². The molecule has 2 amide bonds. The van der Waals surface area contributed by atoms with Crippen LogP contribution in [0.3, 0.4) is 0 Å². The number of nitrogen functional groups attached to an aromatic ring is 1. The summed E-state index contributed by atoms with van der Waals surface area (Å²) in [4.78, 5) is 13.7. The van der Waals surface area contributed by atoms with Crippen molar-refractivity contribution in [3.63, 3.8) is 0 Å². The fourth-order valence-electron chi connectivity index (χ4n) is 2.58. The topological polar surface area (TPSA) is 70.4 Å². The molecule has 0 bridgehead atoms. The number of nitrogens with zero attached hydrogens (tertiary/aromatic N) is 1. The Balaban J connectivity index is 1.92. The van der Waals surface area contributed by atoms with Crippen molar-refractivity contribution in [3.8, 4) is 0 Å². The van der Waals surface area contributed by atoms with Crippen molar-refractivity contribution in [1.29, 1.82) is 0 Å². The molecule has 5 heteroatoms. The van der Waals surface area contributed by atoms with Crippen LogP contribution in [0, 0.1) is 12.8 Å². The molecule has 1 atom stereocenters. The molecule has 3 rings (SSSR count). The minimum atomic E-state index is -0.217. The van der Waals surface area contributed by atoms with Gasteiger partial charge in [-0.3, -0.25) is 4.90 Å². The number of allylic oxidation sites excluding steroid dienone is 1. The van der Waals surface area contributed by atoms with E-state index < -0.39 is 0 Å². The van der Waals surface area contributed by atoms with Crippen LogP contribution in [0.4, 0.5) is 10.5 Å². The third kappa shape index (κ3) is 2.19. The van der Waals surface area contributed by atoms with Gasteiger partial charge in [0.25, 0.3) is 0 Å². The van der Waals surface area contributed by atoms with Crippen LogP contribution >= 0.6 is 0 Å². The van der Waals surface area contributed by atoms with E-state index in [0.29, 0.717) is 11.6 Å². The number of hydrogen-bond acceptors (Lipinski definition) is 3. The number of nitrogens with two attached hydrogens (primary N) is 1. The van der Waals surface area contributed by atoms with Gasteiger partial charge >= 0.3 is 6.03 Å². The van der Waals surface area contributed by atoms with Crippen molar-refractivity contribution < 1.29 is 4.79 Å². The van der Waals surface area contributed by atoms with E-state index in [2.05, 4.69) is 10.6 Å². The standard InChI is InChI=1S/C15H20N4O/c1-9-3-6-11(12(16)7-9)14-18-13(10-4-5-10)8-19(14)15(20)17-2/h3,6-8,10,14,18H,4-5,16H2,1-2H3,(H,17,20). The third-order valence-corrected chi connectivity index (χ3v) is 3.86. The zero-order chi connectivity index (χ0) is 14.3. The van der Waals surface area contributed by atoms with E-state index in [9.17, 15) is 4.79 Å². The highest BCUT2D eigenvalue weighted by atomic mass is 16.2. The lowest BCUT2D eigenvalue weighted by Gasteiger charge is -2.25. The molecule has 0 spiro atoms. The normalized spacial score (nSPS) is 21.4. The highest BCUT2D eigenvalue weighted by molar-refractivity contribution is 5.76. The summed E-state index contributed by atoms with van der Waals surface area (Å²) in [5.41, 5.74) is 10.0. The fraction of sp³-hybridized carbons (Fsp3) is 0.400. The first-order chi connectivity index (χ1) is 9.60. The number of carbonyl (C=O) groups is 1. The summed E-state index contributed by atoms with van der Waals surface area (Å²) in [6.45, 7) is 2.01. The van der Waals surface area contributed by atoms with Crippen LogP contribution in [0.2, 0.25) is 0 Å². The number of aryl methyl sites for hydroxylation is 1. The molecule has 1 heterocycles. The van der Waals surface area contributed by atoms with Crippen molar-refractivity contribution in [2.45, 2.75) is 25.9 Å². The predicted octanol–water partition coefficient (Wildman–Crippen LogP) is 2.07. The second-order valence-corrected chi connectivity index (χ2v) is 5.50. The highest BCUT2D eigenvalue weighted by Crippen LogP contribution is 2.41. The van der Waals surface area contributed by atoms with E-state index >= 15 is 0 Å². The van der Waals surface area contributed by atoms with Crippen molar-refractivity contribution in [1.82, 2.24) is 15.5 Å². The van der Waals surface area contributed by atoms with Crippen LogP contribution in [0.5, 0.6) is 0 Å². The van der Waals surface area contributed by atoms with Crippen molar-refractivity contribution in [2.24, 2.45) is 5.92 Å². The van der Waals surface area contributed by atoms with Gasteiger partial charge in [0.2, 0.25) is 0 Å². The van der Waals surface area contributed by atoms with E-state index in [-0.39, 0.29) is 12.2 Å². The van der Waals surface area contributed by atoms with E-state index in [1.165, 1.54) is 12.8 Å². The summed E-state index contributed by atoms with van der Waals surface area (Å²) in [5.74, 6) is 0.568. The van der Waals surface area contributed by atoms with Gasteiger partial charge in [-0.15, -0.1) is 0 Å². The quantitative estimate of drug-likeness (QED) is 0.722. The molecule has 0 aromatic heterocycles. The minimum absolute atomic E-state index is 0.127. The average molecular weight is 272 g/mol. The number of anilines is 1. The summed E-state index contributed by atoms with van der Waals surface area (Å²) in [5, 5.41) is 6.12. The highest BCUT2D eigenvalue weighted by Gasteiger charge is 2.37. The Morgan fingerprint density at radius 3 is 2.80 bits per heavy atom. The van der Waals surface area contributed by atoms with Gasteiger partial charge in [0.05, 0.1) is 0 Å². The lowest BCUT2D eigenvalue weighted by Crippen LogP contribution is -2.38. The second kappa shape index (κ2) is 4.74. The molecule has 4 N–H and O–H groups in total. The maximum Gasteiger partial charge on any atom is 0.323 e. The van der Waals surface area contributed by atoms with Gasteiger partial charge < -0.3 is 16.4 Å². The Bertz CT molecular complexity index is 577. The largest absolute Gasteiger partial charge is 0.398 e. The smallest absolute Gasteiger partial charge is 0.323 e. The molecule has 20 heavy (non-hydrogen) atoms. The molecule has 1 aliphatic heterocycles. The van der Waals surface area contributed by atoms with E-state index in [0.717, 1.165) is 16.8 Å². The molecule has 1 aromatic rings. The molecule has 0 radical (unpaired) electrons. The molecule has 5 nitrogen and oxygen atoms in total. The van der Waals surface area contributed by atoms with Gasteiger partial charge in [-0.05, 0) is 31.4 Å². The van der Waals surface area contributed by atoms with Gasteiger partial charge in [-0.1, -0.05) is 12.1 Å². The zero-order valence-electron chi connectivity index (χ0n) is 11.8. The van der Waals surface area contributed by atoms with Gasteiger partial charge in [0.15, 0.2) is 0 Å². The number of rotatable bonds is 2. The summed E-state index contributed by atoms with van der Waals surface area (Å²) in [6, 6.07) is 5.82. The maximum absolute atomic E-state index is 12.1. The minimum Gasteiger partial charge on any atom is -0.398 e. The first-order valence-corrected chi connectivity index (χ1v) is 6.94. The maximum atomic E-state index is 12.1. The summed E-state index contributed by atoms with van der Waals surface area (Å²) in [7, 11) is 1.64. The zero-order valence-corrected chi connectivity index (χ0v) is 11.8. The van der Waals surface area contributed by atoms with Gasteiger partial charge in [0.1, 0.15) is 6.17 Å². The van der Waals surface area contributed by atoms with Crippen LogP contribution in [0.15, 0.2) is 30.1 Å². The van der Waals surface area contributed by atoms with Crippen LogP contribution in [-0.4, -0.2) is 18.0 Å². The summed E-state index contributed by atoms with van der Waals surface area (Å²) >= 11 is 0. The number of amides is 2. The van der Waals surface area contributed by atoms with Gasteiger partial charge in [-0.2, -0.15) is 0 Å². The average Bonchev–Trinajstić information content (AvgIpc) is 3.18. The molecule has 1 aromatic carbocycles. The first kappa shape index (κ1) is 12.8.